The van der Waals surface area contributed by atoms with Gasteiger partial charge in [0, 0.05) is 5.41 Å². The van der Waals surface area contributed by atoms with Gasteiger partial charge in [-0.1, -0.05) is 20.2 Å². The van der Waals surface area contributed by atoms with Gasteiger partial charge in [-0.15, -0.1) is 0 Å². The molecule has 0 radical (unpaired) electrons. The fourth-order valence-corrected chi connectivity index (χ4v) is 0.938. The van der Waals surface area contributed by atoms with Crippen LogP contribution in [0.2, 0.25) is 6.32 Å². The number of methoxy groups -OCH3 is 1. The van der Waals surface area contributed by atoms with Crippen molar-refractivity contribution in [3.05, 3.63) is 0 Å². The fourth-order valence-electron chi connectivity index (χ4n) is 0.938. The van der Waals surface area contributed by atoms with E-state index in [9.17, 15) is 17.7 Å². The zero-order valence-corrected chi connectivity index (χ0v) is 7.23. The van der Waals surface area contributed by atoms with Crippen molar-refractivity contribution in [3.8, 4) is 0 Å². The van der Waals surface area contributed by atoms with Crippen LogP contribution in [0.3, 0.4) is 0 Å². The molecule has 0 aliphatic rings. The van der Waals surface area contributed by atoms with Crippen LogP contribution in [-0.4, -0.2) is 20.1 Å². The average Bonchev–Trinajstić information content (AvgIpc) is 1.80. The standard InChI is InChI=1S/C6H11BF3O2/c1-6(2,5(11)12-3)4-7(8,9)10/h4H2,1-3H3/q-1. The van der Waals surface area contributed by atoms with Crippen LogP contribution < -0.4 is 0 Å². The average molecular weight is 183 g/mol. The summed E-state index contributed by atoms with van der Waals surface area (Å²) >= 11 is 0. The molecule has 0 heterocycles. The highest BCUT2D eigenvalue weighted by molar-refractivity contribution is 6.59. The summed E-state index contributed by atoms with van der Waals surface area (Å²) in [6.45, 7) is -2.50. The normalized spacial score (nSPS) is 12.8. The van der Waals surface area contributed by atoms with Crippen molar-refractivity contribution in [3.63, 3.8) is 0 Å². The first-order valence-electron chi connectivity index (χ1n) is 3.48. The number of esters is 1. The minimum Gasteiger partial charge on any atom is -0.469 e. The van der Waals surface area contributed by atoms with Gasteiger partial charge in [0.2, 0.25) is 0 Å². The molecule has 0 saturated heterocycles. The van der Waals surface area contributed by atoms with E-state index in [2.05, 4.69) is 4.74 Å². The Hall–Kier alpha value is -0.675. The molecule has 0 N–H and O–H groups in total. The van der Waals surface area contributed by atoms with Gasteiger partial charge in [-0.05, 0) is 0 Å². The molecule has 6 heteroatoms. The van der Waals surface area contributed by atoms with Crippen LogP contribution in [-0.2, 0) is 9.53 Å². The molecule has 72 valence electrons. The van der Waals surface area contributed by atoms with E-state index in [1.54, 1.807) is 0 Å². The molecule has 0 rings (SSSR count). The lowest BCUT2D eigenvalue weighted by molar-refractivity contribution is -0.149. The molecule has 0 aliphatic carbocycles. The molecule has 0 aromatic heterocycles. The zero-order valence-electron chi connectivity index (χ0n) is 7.23. The number of carbonyl (C=O) groups is 1. The van der Waals surface area contributed by atoms with Gasteiger partial charge < -0.3 is 17.7 Å². The molecule has 0 aromatic carbocycles. The molecule has 0 aromatic rings. The van der Waals surface area contributed by atoms with Crippen molar-refractivity contribution in [1.82, 2.24) is 0 Å². The van der Waals surface area contributed by atoms with Crippen molar-refractivity contribution in [2.75, 3.05) is 7.11 Å². The molecule has 0 amide bonds. The van der Waals surface area contributed by atoms with Crippen LogP contribution in [0.25, 0.3) is 0 Å². The quantitative estimate of drug-likeness (QED) is 0.494. The summed E-state index contributed by atoms with van der Waals surface area (Å²) in [6, 6.07) is 0. The summed E-state index contributed by atoms with van der Waals surface area (Å²) in [7, 11) is 1.08. The lowest BCUT2D eigenvalue weighted by Gasteiger charge is -2.27. The third kappa shape index (κ3) is 3.64. The van der Waals surface area contributed by atoms with Crippen molar-refractivity contribution >= 4 is 12.9 Å². The van der Waals surface area contributed by atoms with Gasteiger partial charge in [0.05, 0.1) is 7.11 Å². The predicted molar refractivity (Wildman–Crippen MR) is 39.7 cm³/mol. The van der Waals surface area contributed by atoms with Crippen molar-refractivity contribution in [1.29, 1.82) is 0 Å². The Balaban J connectivity index is 4.32. The fraction of sp³-hybridized carbons (Fsp3) is 0.833. The summed E-state index contributed by atoms with van der Waals surface area (Å²) in [5.74, 6) is -0.832. The highest BCUT2D eigenvalue weighted by Gasteiger charge is 2.37. The van der Waals surface area contributed by atoms with Gasteiger partial charge in [0.1, 0.15) is 0 Å². The van der Waals surface area contributed by atoms with E-state index in [1.165, 1.54) is 13.8 Å². The number of ether oxygens (including phenoxy) is 1. The maximum atomic E-state index is 11.9. The summed E-state index contributed by atoms with van der Waals surface area (Å²) in [5.41, 5.74) is -1.47. The van der Waals surface area contributed by atoms with Crippen LogP contribution >= 0.6 is 0 Å². The third-order valence-corrected chi connectivity index (χ3v) is 1.48. The van der Waals surface area contributed by atoms with Crippen LogP contribution in [0, 0.1) is 5.41 Å². The molecule has 0 saturated carbocycles. The smallest absolute Gasteiger partial charge is 0.469 e. The molecule has 0 bridgehead atoms. The summed E-state index contributed by atoms with van der Waals surface area (Å²) in [4.78, 5) is 10.8. The van der Waals surface area contributed by atoms with Gasteiger partial charge in [-0.2, -0.15) is 0 Å². The van der Waals surface area contributed by atoms with E-state index < -0.39 is 24.7 Å². The maximum Gasteiger partial charge on any atom is 0.479 e. The molecule has 0 fully saturated rings. The second kappa shape index (κ2) is 3.37. The first-order valence-corrected chi connectivity index (χ1v) is 3.48. The lowest BCUT2D eigenvalue weighted by Crippen LogP contribution is -2.33. The summed E-state index contributed by atoms with van der Waals surface area (Å²) < 4.78 is 39.9. The number of halogens is 3. The molecular weight excluding hydrogens is 172 g/mol. The third-order valence-electron chi connectivity index (χ3n) is 1.48. The minimum atomic E-state index is -4.94. The Kier molecular flexibility index (Phi) is 3.18. The highest BCUT2D eigenvalue weighted by atomic mass is 19.4. The molecule has 12 heavy (non-hydrogen) atoms. The van der Waals surface area contributed by atoms with E-state index >= 15 is 0 Å². The van der Waals surface area contributed by atoms with Crippen LogP contribution in [0.4, 0.5) is 12.9 Å². The van der Waals surface area contributed by atoms with Crippen molar-refractivity contribution in [2.45, 2.75) is 20.2 Å². The predicted octanol–water partition coefficient (Wildman–Crippen LogP) is 2.03. The molecular formula is C6H11BF3O2-. The van der Waals surface area contributed by atoms with Crippen molar-refractivity contribution in [2.24, 2.45) is 5.41 Å². The van der Waals surface area contributed by atoms with Gasteiger partial charge in [0.15, 0.2) is 0 Å². The van der Waals surface area contributed by atoms with Crippen LogP contribution in [0.5, 0.6) is 0 Å². The van der Waals surface area contributed by atoms with E-state index in [0.717, 1.165) is 7.11 Å². The maximum absolute atomic E-state index is 11.9. The molecule has 0 spiro atoms. The second-order valence-corrected chi connectivity index (χ2v) is 3.29. The largest absolute Gasteiger partial charge is 0.479 e. The van der Waals surface area contributed by atoms with Gasteiger partial charge >= 0.3 is 12.9 Å². The van der Waals surface area contributed by atoms with Gasteiger partial charge in [-0.25, -0.2) is 0 Å². The minimum absolute atomic E-state index is 0.832. The van der Waals surface area contributed by atoms with E-state index in [-0.39, 0.29) is 0 Å². The Labute approximate surface area is 69.1 Å². The molecule has 0 unspecified atom stereocenters. The Morgan fingerprint density at radius 2 is 1.83 bits per heavy atom. The molecule has 0 aliphatic heterocycles. The summed E-state index contributed by atoms with van der Waals surface area (Å²) in [5, 5.41) is 0. The van der Waals surface area contributed by atoms with Gasteiger partial charge in [0.25, 0.3) is 0 Å². The number of carbonyl (C=O) groups excluding carboxylic acids is 1. The van der Waals surface area contributed by atoms with E-state index in [1.807, 2.05) is 0 Å². The Morgan fingerprint density at radius 1 is 1.42 bits per heavy atom. The summed E-state index contributed by atoms with van der Waals surface area (Å²) in [6.07, 6.45) is -1.10. The van der Waals surface area contributed by atoms with E-state index in [4.69, 9.17) is 0 Å². The number of hydrogen-bond acceptors (Lipinski definition) is 2. The van der Waals surface area contributed by atoms with Crippen LogP contribution in [0.1, 0.15) is 13.8 Å². The highest BCUT2D eigenvalue weighted by Crippen LogP contribution is 2.31. The zero-order chi connectivity index (χ0) is 9.99. The van der Waals surface area contributed by atoms with Crippen molar-refractivity contribution < 1.29 is 22.5 Å². The second-order valence-electron chi connectivity index (χ2n) is 3.29. The van der Waals surface area contributed by atoms with Crippen LogP contribution in [0.15, 0.2) is 0 Å². The first-order chi connectivity index (χ1) is 5.19. The topological polar surface area (TPSA) is 26.3 Å². The van der Waals surface area contributed by atoms with E-state index in [0.29, 0.717) is 0 Å². The lowest BCUT2D eigenvalue weighted by atomic mass is 9.70. The SMILES string of the molecule is COC(=O)C(C)(C)C[B-](F)(F)F. The molecule has 2 nitrogen and oxygen atoms in total. The number of hydrogen-bond donors (Lipinski definition) is 0. The van der Waals surface area contributed by atoms with Gasteiger partial charge in [-0.3, -0.25) is 4.79 Å². The molecule has 0 atom stereocenters. The Morgan fingerprint density at radius 3 is 2.08 bits per heavy atom. The monoisotopic (exact) mass is 183 g/mol. The number of rotatable bonds is 3. The Bertz CT molecular complexity index is 176. The first kappa shape index (κ1) is 11.3.